The maximum atomic E-state index is 11.1. The molecule has 15 nitrogen and oxygen atoms in total. The van der Waals surface area contributed by atoms with Crippen molar-refractivity contribution < 1.29 is 47.7 Å². The molecule has 0 unspecified atom stereocenters. The van der Waals surface area contributed by atoms with Crippen LogP contribution in [0.4, 0.5) is 17.1 Å². The van der Waals surface area contributed by atoms with Crippen LogP contribution in [0.5, 0.6) is 0 Å². The van der Waals surface area contributed by atoms with Crippen LogP contribution in [0.15, 0.2) is 18.2 Å². The number of non-ortho nitro benzene ring substituents is 1. The van der Waals surface area contributed by atoms with E-state index >= 15 is 0 Å². The molecule has 0 aliphatic heterocycles. The van der Waals surface area contributed by atoms with Crippen LogP contribution in [0.3, 0.4) is 0 Å². The van der Waals surface area contributed by atoms with Gasteiger partial charge in [-0.15, -0.1) is 0 Å². The van der Waals surface area contributed by atoms with E-state index in [-0.39, 0.29) is 23.7 Å². The number of nitro benzene ring substituents is 2. The first-order valence-electron chi connectivity index (χ1n) is 14.8. The van der Waals surface area contributed by atoms with Crippen LogP contribution < -0.4 is 5.32 Å². The Morgan fingerprint density at radius 1 is 0.558 bits per heavy atom. The highest BCUT2D eigenvalue weighted by Crippen LogP contribution is 2.28. The van der Waals surface area contributed by atoms with Crippen molar-refractivity contribution in [2.75, 3.05) is 118 Å². The highest BCUT2D eigenvalue weighted by molar-refractivity contribution is 5.65. The zero-order valence-electron chi connectivity index (χ0n) is 25.4. The van der Waals surface area contributed by atoms with Gasteiger partial charge in [0.2, 0.25) is 0 Å². The number of nitrogens with one attached hydrogen (secondary N) is 1. The van der Waals surface area contributed by atoms with Crippen molar-refractivity contribution >= 4 is 17.1 Å². The van der Waals surface area contributed by atoms with Gasteiger partial charge >= 0.3 is 0 Å². The summed E-state index contributed by atoms with van der Waals surface area (Å²) >= 11 is 0. The lowest BCUT2D eigenvalue weighted by Crippen LogP contribution is -2.15. The fourth-order valence-corrected chi connectivity index (χ4v) is 3.46. The quantitative estimate of drug-likeness (QED) is 0.0704. The molecule has 0 saturated heterocycles. The average Bonchev–Trinajstić information content (AvgIpc) is 3.00. The van der Waals surface area contributed by atoms with Crippen molar-refractivity contribution in [2.45, 2.75) is 32.6 Å². The highest BCUT2D eigenvalue weighted by Gasteiger charge is 2.19. The number of benzene rings is 1. The molecule has 0 spiro atoms. The molecule has 0 aromatic heterocycles. The summed E-state index contributed by atoms with van der Waals surface area (Å²) in [6.45, 7) is 10.3. The van der Waals surface area contributed by atoms with Crippen LogP contribution in [-0.4, -0.2) is 122 Å². The van der Waals surface area contributed by atoms with Crippen LogP contribution in [-0.2, 0) is 37.9 Å². The zero-order chi connectivity index (χ0) is 31.2. The first kappa shape index (κ1) is 38.5. The Kier molecular flexibility index (Phi) is 25.3. The van der Waals surface area contributed by atoms with Gasteiger partial charge in [0.25, 0.3) is 11.4 Å². The van der Waals surface area contributed by atoms with E-state index in [2.05, 4.69) is 12.2 Å². The SMILES string of the molecule is CCCCCCOCCOCCOCCOCCOCCOCCOCCOCCNc1ccc([N+](=O)[O-])cc1[N+](=O)[O-]. The number of nitrogens with zero attached hydrogens (tertiary/aromatic N) is 2. The average molecular weight is 620 g/mol. The Hall–Kier alpha value is -2.50. The Morgan fingerprint density at radius 2 is 0.977 bits per heavy atom. The maximum absolute atomic E-state index is 11.1. The lowest BCUT2D eigenvalue weighted by molar-refractivity contribution is -0.393. The van der Waals surface area contributed by atoms with Crippen molar-refractivity contribution in [3.8, 4) is 0 Å². The molecule has 0 heterocycles. The minimum Gasteiger partial charge on any atom is -0.379 e. The highest BCUT2D eigenvalue weighted by atomic mass is 16.6. The van der Waals surface area contributed by atoms with Crippen LogP contribution in [0.25, 0.3) is 0 Å². The zero-order valence-corrected chi connectivity index (χ0v) is 25.4. The minimum atomic E-state index is -0.678. The summed E-state index contributed by atoms with van der Waals surface area (Å²) < 4.78 is 43.6. The summed E-state index contributed by atoms with van der Waals surface area (Å²) in [5.41, 5.74) is -0.510. The third-order valence-electron chi connectivity index (χ3n) is 5.70. The predicted octanol–water partition coefficient (Wildman–Crippen LogP) is 3.63. The maximum Gasteiger partial charge on any atom is 0.299 e. The first-order valence-corrected chi connectivity index (χ1v) is 14.8. The molecule has 0 atom stereocenters. The van der Waals surface area contributed by atoms with Gasteiger partial charge in [0, 0.05) is 19.2 Å². The predicted molar refractivity (Wildman–Crippen MR) is 159 cm³/mol. The molecule has 1 aromatic carbocycles. The molecular formula is C28H49N3O12. The lowest BCUT2D eigenvalue weighted by Gasteiger charge is -2.09. The van der Waals surface area contributed by atoms with Gasteiger partial charge in [0.05, 0.1) is 115 Å². The summed E-state index contributed by atoms with van der Waals surface area (Å²) in [5.74, 6) is 0. The van der Waals surface area contributed by atoms with Crippen molar-refractivity contribution in [3.63, 3.8) is 0 Å². The third kappa shape index (κ3) is 22.7. The lowest BCUT2D eigenvalue weighted by atomic mass is 10.2. The summed E-state index contributed by atoms with van der Waals surface area (Å²) in [7, 11) is 0. The van der Waals surface area contributed by atoms with Crippen LogP contribution >= 0.6 is 0 Å². The van der Waals surface area contributed by atoms with E-state index in [9.17, 15) is 20.2 Å². The normalized spacial score (nSPS) is 11.2. The minimum absolute atomic E-state index is 0.191. The molecule has 0 aliphatic rings. The fourth-order valence-electron chi connectivity index (χ4n) is 3.46. The van der Waals surface area contributed by atoms with E-state index in [1.165, 1.54) is 31.4 Å². The standard InChI is InChI=1S/C28H49N3O12/c1-2-3-4-5-9-36-11-13-38-15-17-40-19-21-42-23-24-43-22-20-41-18-16-39-14-12-37-10-8-29-27-7-6-26(30(32)33)25-28(27)31(34)35/h6-7,25,29H,2-5,8-24H2,1H3. The molecule has 0 amide bonds. The second-order valence-corrected chi connectivity index (χ2v) is 9.10. The second-order valence-electron chi connectivity index (χ2n) is 9.10. The van der Waals surface area contributed by atoms with Crippen molar-refractivity contribution in [3.05, 3.63) is 38.4 Å². The molecular weight excluding hydrogens is 570 g/mol. The van der Waals surface area contributed by atoms with Crippen molar-refractivity contribution in [1.82, 2.24) is 0 Å². The molecule has 0 aliphatic carbocycles. The van der Waals surface area contributed by atoms with E-state index in [0.717, 1.165) is 19.1 Å². The Morgan fingerprint density at radius 3 is 1.37 bits per heavy atom. The Bertz CT molecular complexity index is 834. The molecule has 43 heavy (non-hydrogen) atoms. The number of hydrogen-bond acceptors (Lipinski definition) is 13. The van der Waals surface area contributed by atoms with Crippen LogP contribution in [0, 0.1) is 20.2 Å². The van der Waals surface area contributed by atoms with Gasteiger partial charge in [-0.1, -0.05) is 26.2 Å². The number of anilines is 1. The molecule has 1 rings (SSSR count). The fraction of sp³-hybridized carbons (Fsp3) is 0.786. The molecule has 0 radical (unpaired) electrons. The Labute approximate surface area is 253 Å². The molecule has 0 fully saturated rings. The summed E-state index contributed by atoms with van der Waals surface area (Å²) in [5, 5.41) is 24.8. The number of rotatable bonds is 32. The smallest absolute Gasteiger partial charge is 0.299 e. The van der Waals surface area contributed by atoms with E-state index in [4.69, 9.17) is 37.9 Å². The summed E-state index contributed by atoms with van der Waals surface area (Å²) in [6.07, 6.45) is 4.84. The molecule has 0 saturated carbocycles. The van der Waals surface area contributed by atoms with Crippen LogP contribution in [0.1, 0.15) is 32.6 Å². The second kappa shape index (κ2) is 28.3. The van der Waals surface area contributed by atoms with Gasteiger partial charge < -0.3 is 43.2 Å². The number of ether oxygens (including phenoxy) is 8. The number of unbranched alkanes of at least 4 members (excludes halogenated alkanes) is 3. The van der Waals surface area contributed by atoms with Gasteiger partial charge in [-0.05, 0) is 12.5 Å². The van der Waals surface area contributed by atoms with E-state index in [1.54, 1.807) is 0 Å². The molecule has 15 heteroatoms. The number of hydrogen-bond donors (Lipinski definition) is 1. The van der Waals surface area contributed by atoms with Gasteiger partial charge in [-0.25, -0.2) is 0 Å². The molecule has 1 N–H and O–H groups in total. The summed E-state index contributed by atoms with van der Waals surface area (Å²) in [6, 6.07) is 3.44. The molecule has 248 valence electrons. The first-order chi connectivity index (χ1) is 21.1. The molecule has 1 aromatic rings. The van der Waals surface area contributed by atoms with E-state index < -0.39 is 9.85 Å². The topological polar surface area (TPSA) is 172 Å². The van der Waals surface area contributed by atoms with Gasteiger partial charge in [0.1, 0.15) is 5.69 Å². The number of nitro groups is 2. The third-order valence-corrected chi connectivity index (χ3v) is 5.70. The monoisotopic (exact) mass is 619 g/mol. The van der Waals surface area contributed by atoms with Gasteiger partial charge in [-0.2, -0.15) is 0 Å². The van der Waals surface area contributed by atoms with Crippen LogP contribution in [0.2, 0.25) is 0 Å². The molecule has 0 bridgehead atoms. The van der Waals surface area contributed by atoms with E-state index in [0.29, 0.717) is 99.0 Å². The van der Waals surface area contributed by atoms with Gasteiger partial charge in [-0.3, -0.25) is 20.2 Å². The van der Waals surface area contributed by atoms with E-state index in [1.807, 2.05) is 0 Å². The largest absolute Gasteiger partial charge is 0.379 e. The van der Waals surface area contributed by atoms with Crippen molar-refractivity contribution in [1.29, 1.82) is 0 Å². The Balaban J connectivity index is 1.77. The summed E-state index contributed by atoms with van der Waals surface area (Å²) in [4.78, 5) is 20.6. The van der Waals surface area contributed by atoms with Gasteiger partial charge in [0.15, 0.2) is 0 Å². The van der Waals surface area contributed by atoms with Crippen molar-refractivity contribution in [2.24, 2.45) is 0 Å².